The van der Waals surface area contributed by atoms with Gasteiger partial charge in [-0.05, 0) is 49.1 Å². The van der Waals surface area contributed by atoms with Gasteiger partial charge in [-0.1, -0.05) is 32.9 Å². The first-order valence-corrected chi connectivity index (χ1v) is 7.19. The third kappa shape index (κ3) is 3.10. The summed E-state index contributed by atoms with van der Waals surface area (Å²) in [4.78, 5) is 0. The van der Waals surface area contributed by atoms with Crippen LogP contribution in [0.5, 0.6) is 0 Å². The van der Waals surface area contributed by atoms with E-state index in [1.165, 1.54) is 19.3 Å². The van der Waals surface area contributed by atoms with Crippen LogP contribution in [0.15, 0.2) is 18.2 Å². The normalized spacial score (nSPS) is 25.6. The molecule has 1 aromatic carbocycles. The molecule has 102 valence electrons. The van der Waals surface area contributed by atoms with Crippen LogP contribution in [0, 0.1) is 29.6 Å². The number of nitrogens with zero attached hydrogens (tertiary/aromatic N) is 1. The molecule has 2 rings (SSSR count). The van der Waals surface area contributed by atoms with Crippen LogP contribution in [-0.4, -0.2) is 6.04 Å². The molecule has 1 aromatic rings. The highest BCUT2D eigenvalue weighted by atomic mass is 14.9. The summed E-state index contributed by atoms with van der Waals surface area (Å²) < 4.78 is 0. The van der Waals surface area contributed by atoms with Crippen LogP contribution in [0.4, 0.5) is 5.69 Å². The average molecular weight is 256 g/mol. The van der Waals surface area contributed by atoms with Crippen molar-refractivity contribution in [2.45, 2.75) is 53.0 Å². The standard InChI is InChI=1S/C17H24N2/c1-12-6-5-7-16(14(12)11-18)19-15-8-9-17(3,4)10-13(15)2/h5-7,13,15,19H,8-10H2,1-4H3. The first-order valence-electron chi connectivity index (χ1n) is 7.19. The number of nitrogens with one attached hydrogen (secondary N) is 1. The molecule has 2 nitrogen and oxygen atoms in total. The van der Waals surface area contributed by atoms with Crippen LogP contribution in [0.2, 0.25) is 0 Å². The van der Waals surface area contributed by atoms with Gasteiger partial charge in [0.15, 0.2) is 0 Å². The highest BCUT2D eigenvalue weighted by molar-refractivity contribution is 5.61. The van der Waals surface area contributed by atoms with Crippen molar-refractivity contribution in [1.29, 1.82) is 5.26 Å². The summed E-state index contributed by atoms with van der Waals surface area (Å²) in [6.45, 7) is 9.03. The summed E-state index contributed by atoms with van der Waals surface area (Å²) >= 11 is 0. The van der Waals surface area contributed by atoms with E-state index in [9.17, 15) is 5.26 Å². The van der Waals surface area contributed by atoms with Gasteiger partial charge in [0, 0.05) is 6.04 Å². The summed E-state index contributed by atoms with van der Waals surface area (Å²) in [6, 6.07) is 8.86. The smallest absolute Gasteiger partial charge is 0.102 e. The Bertz CT molecular complexity index is 496. The van der Waals surface area contributed by atoms with Crippen LogP contribution >= 0.6 is 0 Å². The molecule has 2 atom stereocenters. The Kier molecular flexibility index (Phi) is 3.85. The van der Waals surface area contributed by atoms with Crippen LogP contribution in [0.1, 0.15) is 51.2 Å². The van der Waals surface area contributed by atoms with Crippen LogP contribution in [0.3, 0.4) is 0 Å². The van der Waals surface area contributed by atoms with Gasteiger partial charge < -0.3 is 5.32 Å². The molecule has 0 aromatic heterocycles. The van der Waals surface area contributed by atoms with Crippen LogP contribution in [-0.2, 0) is 0 Å². The Morgan fingerprint density at radius 1 is 1.37 bits per heavy atom. The number of benzene rings is 1. The lowest BCUT2D eigenvalue weighted by Gasteiger charge is -2.40. The van der Waals surface area contributed by atoms with Gasteiger partial charge in [-0.2, -0.15) is 5.26 Å². The van der Waals surface area contributed by atoms with Crippen molar-refractivity contribution in [2.75, 3.05) is 5.32 Å². The van der Waals surface area contributed by atoms with E-state index in [-0.39, 0.29) is 0 Å². The molecule has 0 heterocycles. The molecule has 0 saturated heterocycles. The van der Waals surface area contributed by atoms with Crippen molar-refractivity contribution >= 4 is 5.69 Å². The molecule has 2 heteroatoms. The maximum absolute atomic E-state index is 9.29. The van der Waals surface area contributed by atoms with E-state index in [2.05, 4.69) is 32.2 Å². The molecule has 1 aliphatic carbocycles. The zero-order chi connectivity index (χ0) is 14.0. The minimum Gasteiger partial charge on any atom is -0.381 e. The van der Waals surface area contributed by atoms with Crippen LogP contribution in [0.25, 0.3) is 0 Å². The Hall–Kier alpha value is -1.49. The van der Waals surface area contributed by atoms with E-state index in [4.69, 9.17) is 0 Å². The van der Waals surface area contributed by atoms with E-state index in [0.29, 0.717) is 17.4 Å². The zero-order valence-corrected chi connectivity index (χ0v) is 12.5. The molecule has 1 fully saturated rings. The van der Waals surface area contributed by atoms with Crippen molar-refractivity contribution in [1.82, 2.24) is 0 Å². The van der Waals surface area contributed by atoms with Gasteiger partial charge in [0.1, 0.15) is 6.07 Å². The highest BCUT2D eigenvalue weighted by Gasteiger charge is 2.32. The molecular weight excluding hydrogens is 232 g/mol. The molecule has 0 spiro atoms. The van der Waals surface area contributed by atoms with E-state index < -0.39 is 0 Å². The fourth-order valence-electron chi connectivity index (χ4n) is 3.30. The number of nitriles is 1. The fourth-order valence-corrected chi connectivity index (χ4v) is 3.30. The summed E-state index contributed by atoms with van der Waals surface area (Å²) in [7, 11) is 0. The minimum atomic E-state index is 0.461. The van der Waals surface area contributed by atoms with E-state index >= 15 is 0 Å². The fraction of sp³-hybridized carbons (Fsp3) is 0.588. The molecule has 1 saturated carbocycles. The molecule has 2 unspecified atom stereocenters. The van der Waals surface area contributed by atoms with Crippen molar-refractivity contribution in [2.24, 2.45) is 11.3 Å². The maximum atomic E-state index is 9.29. The first kappa shape index (κ1) is 13.9. The van der Waals surface area contributed by atoms with Crippen molar-refractivity contribution in [3.63, 3.8) is 0 Å². The molecule has 19 heavy (non-hydrogen) atoms. The molecule has 0 aliphatic heterocycles. The van der Waals surface area contributed by atoms with Gasteiger partial charge in [-0.3, -0.25) is 0 Å². The van der Waals surface area contributed by atoms with E-state index in [1.807, 2.05) is 25.1 Å². The summed E-state index contributed by atoms with van der Waals surface area (Å²) in [5, 5.41) is 12.9. The average Bonchev–Trinajstić information content (AvgIpc) is 2.32. The second-order valence-electron chi connectivity index (χ2n) is 6.74. The SMILES string of the molecule is Cc1cccc(NC2CCC(C)(C)CC2C)c1C#N. The minimum absolute atomic E-state index is 0.461. The maximum Gasteiger partial charge on any atom is 0.102 e. The first-order chi connectivity index (χ1) is 8.93. The lowest BCUT2D eigenvalue weighted by molar-refractivity contribution is 0.177. The molecule has 0 amide bonds. The molecule has 0 radical (unpaired) electrons. The Morgan fingerprint density at radius 3 is 2.74 bits per heavy atom. The van der Waals surface area contributed by atoms with Crippen molar-refractivity contribution in [3.05, 3.63) is 29.3 Å². The summed E-state index contributed by atoms with van der Waals surface area (Å²) in [6.07, 6.45) is 3.69. The second-order valence-corrected chi connectivity index (χ2v) is 6.74. The monoisotopic (exact) mass is 256 g/mol. The molecule has 1 N–H and O–H groups in total. The Labute approximate surface area is 116 Å². The lowest BCUT2D eigenvalue weighted by Crippen LogP contribution is -2.37. The van der Waals surface area contributed by atoms with Gasteiger partial charge in [0.25, 0.3) is 0 Å². The van der Waals surface area contributed by atoms with Gasteiger partial charge in [-0.15, -0.1) is 0 Å². The number of hydrogen-bond donors (Lipinski definition) is 1. The predicted octanol–water partition coefficient (Wildman–Crippen LogP) is 4.49. The second kappa shape index (κ2) is 5.25. The molecule has 0 bridgehead atoms. The third-order valence-electron chi connectivity index (χ3n) is 4.42. The Balaban J connectivity index is 2.15. The van der Waals surface area contributed by atoms with Crippen molar-refractivity contribution in [3.8, 4) is 6.07 Å². The molecular formula is C17H24N2. The predicted molar refractivity (Wildman–Crippen MR) is 80.1 cm³/mol. The van der Waals surface area contributed by atoms with Crippen LogP contribution < -0.4 is 5.32 Å². The largest absolute Gasteiger partial charge is 0.381 e. The van der Waals surface area contributed by atoms with Gasteiger partial charge in [0.2, 0.25) is 0 Å². The highest BCUT2D eigenvalue weighted by Crippen LogP contribution is 2.39. The zero-order valence-electron chi connectivity index (χ0n) is 12.5. The Morgan fingerprint density at radius 2 is 2.11 bits per heavy atom. The lowest BCUT2D eigenvalue weighted by atomic mass is 9.70. The number of anilines is 1. The summed E-state index contributed by atoms with van der Waals surface area (Å²) in [5.74, 6) is 0.649. The quantitative estimate of drug-likeness (QED) is 0.846. The molecule has 1 aliphatic rings. The number of aryl methyl sites for hydroxylation is 1. The van der Waals surface area contributed by atoms with Gasteiger partial charge in [-0.25, -0.2) is 0 Å². The van der Waals surface area contributed by atoms with E-state index in [0.717, 1.165) is 16.8 Å². The third-order valence-corrected chi connectivity index (χ3v) is 4.42. The van der Waals surface area contributed by atoms with Gasteiger partial charge in [0.05, 0.1) is 11.3 Å². The topological polar surface area (TPSA) is 35.8 Å². The van der Waals surface area contributed by atoms with E-state index in [1.54, 1.807) is 0 Å². The van der Waals surface area contributed by atoms with Gasteiger partial charge >= 0.3 is 0 Å². The van der Waals surface area contributed by atoms with Crippen molar-refractivity contribution < 1.29 is 0 Å². The number of rotatable bonds is 2. The number of hydrogen-bond acceptors (Lipinski definition) is 2. The summed E-state index contributed by atoms with van der Waals surface area (Å²) in [5.41, 5.74) is 3.30.